The highest BCUT2D eigenvalue weighted by Gasteiger charge is 2.60. The number of fused-ring (bicyclic) bond motifs is 4. The minimum Gasteiger partial charge on any atom is -0.488 e. The van der Waals surface area contributed by atoms with Crippen LogP contribution in [0.4, 0.5) is 8.78 Å². The van der Waals surface area contributed by atoms with Crippen molar-refractivity contribution in [3.63, 3.8) is 0 Å². The third kappa shape index (κ3) is 1.74. The van der Waals surface area contributed by atoms with Crippen molar-refractivity contribution in [3.05, 3.63) is 63.1 Å². The summed E-state index contributed by atoms with van der Waals surface area (Å²) in [6, 6.07) is 10.3. The molecule has 4 rings (SSSR count). The summed E-state index contributed by atoms with van der Waals surface area (Å²) in [6.45, 7) is 0.271. The molecular formula is C17H10BrF2NO. The molecule has 1 spiro atoms. The van der Waals surface area contributed by atoms with Crippen LogP contribution in [-0.2, 0) is 12.0 Å². The molecule has 2 unspecified atom stereocenters. The molecule has 2 aliphatic rings. The maximum atomic E-state index is 13.8. The molecule has 2 aromatic carbocycles. The van der Waals surface area contributed by atoms with Gasteiger partial charge in [-0.3, -0.25) is 0 Å². The monoisotopic (exact) mass is 361 g/mol. The van der Waals surface area contributed by atoms with Crippen molar-refractivity contribution in [1.82, 2.24) is 0 Å². The predicted octanol–water partition coefficient (Wildman–Crippen LogP) is 4.45. The first-order valence-electron chi connectivity index (χ1n) is 6.87. The summed E-state index contributed by atoms with van der Waals surface area (Å²) < 4.78 is 33.9. The molecule has 2 atom stereocenters. The minimum absolute atomic E-state index is 0.252. The summed E-state index contributed by atoms with van der Waals surface area (Å²) in [5, 5.41) is 9.38. The van der Waals surface area contributed by atoms with Gasteiger partial charge in [0.1, 0.15) is 12.4 Å². The quantitative estimate of drug-likeness (QED) is 0.694. The van der Waals surface area contributed by atoms with E-state index in [1.807, 2.05) is 18.2 Å². The molecule has 2 nitrogen and oxygen atoms in total. The van der Waals surface area contributed by atoms with Gasteiger partial charge in [0.25, 0.3) is 0 Å². The maximum Gasteiger partial charge on any atom is 0.162 e. The van der Waals surface area contributed by atoms with Gasteiger partial charge >= 0.3 is 0 Å². The number of ether oxygens (including phenoxy) is 1. The van der Waals surface area contributed by atoms with Crippen LogP contribution in [0.3, 0.4) is 0 Å². The summed E-state index contributed by atoms with van der Waals surface area (Å²) >= 11 is 3.42. The van der Waals surface area contributed by atoms with Gasteiger partial charge in [0.05, 0.1) is 12.0 Å². The van der Waals surface area contributed by atoms with Crippen LogP contribution in [0, 0.1) is 28.9 Å². The van der Waals surface area contributed by atoms with E-state index in [1.165, 1.54) is 6.07 Å². The Kier molecular flexibility index (Phi) is 2.82. The Labute approximate surface area is 134 Å². The fourth-order valence-electron chi connectivity index (χ4n) is 3.43. The fraction of sp³-hybridized carbons (Fsp3) is 0.235. The zero-order valence-corrected chi connectivity index (χ0v) is 13.0. The standard InChI is InChI=1S/C17H10BrF2NO/c18-11-1-2-12-9(3-11)8-22-16-5-15(20)14(19)4-13(16)17(12)6-10(17)7-21/h1-5,10H,6,8H2. The van der Waals surface area contributed by atoms with E-state index in [0.717, 1.165) is 21.7 Å². The van der Waals surface area contributed by atoms with E-state index in [4.69, 9.17) is 4.74 Å². The van der Waals surface area contributed by atoms with Gasteiger partial charge in [0.15, 0.2) is 11.6 Å². The second-order valence-electron chi connectivity index (χ2n) is 5.71. The number of benzene rings is 2. The molecule has 5 heteroatoms. The first-order valence-corrected chi connectivity index (χ1v) is 7.66. The zero-order chi connectivity index (χ0) is 15.5. The molecule has 0 bridgehead atoms. The number of hydrogen-bond acceptors (Lipinski definition) is 2. The summed E-state index contributed by atoms with van der Waals surface area (Å²) in [5.41, 5.74) is 1.88. The predicted molar refractivity (Wildman–Crippen MR) is 79.3 cm³/mol. The number of halogens is 3. The lowest BCUT2D eigenvalue weighted by Gasteiger charge is -2.18. The van der Waals surface area contributed by atoms with E-state index in [9.17, 15) is 14.0 Å². The van der Waals surface area contributed by atoms with E-state index in [2.05, 4.69) is 22.0 Å². The Bertz CT molecular complexity index is 845. The Morgan fingerprint density at radius 3 is 2.68 bits per heavy atom. The third-order valence-corrected chi connectivity index (χ3v) is 5.04. The number of hydrogen-bond donors (Lipinski definition) is 0. The second kappa shape index (κ2) is 4.53. The lowest BCUT2D eigenvalue weighted by molar-refractivity contribution is 0.303. The second-order valence-corrected chi connectivity index (χ2v) is 6.63. The van der Waals surface area contributed by atoms with Crippen LogP contribution in [0.25, 0.3) is 0 Å². The summed E-state index contributed by atoms with van der Waals surface area (Å²) in [7, 11) is 0. The molecule has 1 aliphatic carbocycles. The van der Waals surface area contributed by atoms with E-state index in [0.29, 0.717) is 17.7 Å². The SMILES string of the molecule is N#CC1CC12c1ccc(Br)cc1COc1cc(F)c(F)cc12. The van der Waals surface area contributed by atoms with Gasteiger partial charge < -0.3 is 4.74 Å². The number of rotatable bonds is 0. The number of nitriles is 1. The average molecular weight is 362 g/mol. The lowest BCUT2D eigenvalue weighted by atomic mass is 9.83. The highest BCUT2D eigenvalue weighted by atomic mass is 79.9. The summed E-state index contributed by atoms with van der Waals surface area (Å²) in [5.74, 6) is -1.78. The molecule has 0 N–H and O–H groups in total. The molecule has 1 fully saturated rings. The van der Waals surface area contributed by atoms with Crippen LogP contribution in [0.1, 0.15) is 23.1 Å². The van der Waals surface area contributed by atoms with Crippen LogP contribution >= 0.6 is 15.9 Å². The molecule has 0 amide bonds. The van der Waals surface area contributed by atoms with E-state index < -0.39 is 17.0 Å². The highest BCUT2D eigenvalue weighted by Crippen LogP contribution is 2.62. The molecule has 2 aromatic rings. The van der Waals surface area contributed by atoms with Gasteiger partial charge in [0.2, 0.25) is 0 Å². The molecule has 0 saturated heterocycles. The van der Waals surface area contributed by atoms with Crippen LogP contribution in [0.5, 0.6) is 5.75 Å². The number of nitrogens with zero attached hydrogens (tertiary/aromatic N) is 1. The lowest BCUT2D eigenvalue weighted by Crippen LogP contribution is -2.13. The van der Waals surface area contributed by atoms with Gasteiger partial charge in [-0.2, -0.15) is 5.26 Å². The van der Waals surface area contributed by atoms with Crippen molar-refractivity contribution >= 4 is 15.9 Å². The Balaban J connectivity index is 2.01. The van der Waals surface area contributed by atoms with Gasteiger partial charge in [-0.1, -0.05) is 22.0 Å². The molecule has 0 aromatic heterocycles. The van der Waals surface area contributed by atoms with Crippen molar-refractivity contribution < 1.29 is 13.5 Å². The molecule has 1 saturated carbocycles. The van der Waals surface area contributed by atoms with Crippen molar-refractivity contribution in [2.45, 2.75) is 18.4 Å². The highest BCUT2D eigenvalue weighted by molar-refractivity contribution is 9.10. The average Bonchev–Trinajstić information content (AvgIpc) is 3.24. The van der Waals surface area contributed by atoms with E-state index >= 15 is 0 Å². The molecule has 110 valence electrons. The van der Waals surface area contributed by atoms with Crippen LogP contribution < -0.4 is 4.74 Å². The van der Waals surface area contributed by atoms with Crippen LogP contribution in [0.15, 0.2) is 34.8 Å². The molecule has 1 heterocycles. The minimum atomic E-state index is -0.935. The van der Waals surface area contributed by atoms with Gasteiger partial charge in [0, 0.05) is 21.5 Å². The normalized spacial score (nSPS) is 24.7. The first kappa shape index (κ1) is 13.7. The van der Waals surface area contributed by atoms with Gasteiger partial charge in [-0.25, -0.2) is 8.78 Å². The van der Waals surface area contributed by atoms with Gasteiger partial charge in [-0.05, 0) is 35.7 Å². The Morgan fingerprint density at radius 2 is 1.95 bits per heavy atom. The summed E-state index contributed by atoms with van der Waals surface area (Å²) in [4.78, 5) is 0. The van der Waals surface area contributed by atoms with Crippen molar-refractivity contribution in [2.75, 3.05) is 0 Å². The zero-order valence-electron chi connectivity index (χ0n) is 11.4. The largest absolute Gasteiger partial charge is 0.488 e. The van der Waals surface area contributed by atoms with Crippen molar-refractivity contribution in [1.29, 1.82) is 5.26 Å². The maximum absolute atomic E-state index is 13.8. The Morgan fingerprint density at radius 1 is 1.18 bits per heavy atom. The van der Waals surface area contributed by atoms with Crippen LogP contribution in [0.2, 0.25) is 0 Å². The molecule has 0 radical (unpaired) electrons. The first-order chi connectivity index (χ1) is 10.6. The summed E-state index contributed by atoms with van der Waals surface area (Å²) in [6.07, 6.45) is 0.597. The van der Waals surface area contributed by atoms with E-state index in [-0.39, 0.29) is 12.5 Å². The van der Waals surface area contributed by atoms with Crippen LogP contribution in [-0.4, -0.2) is 0 Å². The third-order valence-electron chi connectivity index (χ3n) is 4.55. The molecule has 1 aliphatic heterocycles. The van der Waals surface area contributed by atoms with Gasteiger partial charge in [-0.15, -0.1) is 0 Å². The van der Waals surface area contributed by atoms with Crippen molar-refractivity contribution in [2.24, 2.45) is 5.92 Å². The smallest absolute Gasteiger partial charge is 0.162 e. The molecule has 22 heavy (non-hydrogen) atoms. The van der Waals surface area contributed by atoms with Crippen molar-refractivity contribution in [3.8, 4) is 11.8 Å². The Hall–Kier alpha value is -1.93. The fourth-order valence-corrected chi connectivity index (χ4v) is 3.84. The topological polar surface area (TPSA) is 33.0 Å². The van der Waals surface area contributed by atoms with E-state index in [1.54, 1.807) is 0 Å². The molecular weight excluding hydrogens is 352 g/mol.